The van der Waals surface area contributed by atoms with Crippen LogP contribution in [0.15, 0.2) is 59.5 Å². The lowest BCUT2D eigenvalue weighted by Gasteiger charge is -2.23. The number of rotatable bonds is 3. The number of hydrogen-bond donors (Lipinski definition) is 1. The van der Waals surface area contributed by atoms with E-state index in [4.69, 9.17) is 9.78 Å². The Morgan fingerprint density at radius 2 is 2.00 bits per heavy atom. The molecule has 0 amide bonds. The van der Waals surface area contributed by atoms with Crippen molar-refractivity contribution in [2.45, 2.75) is 31.9 Å². The highest BCUT2D eigenvalue weighted by molar-refractivity contribution is 5.68. The highest BCUT2D eigenvalue weighted by Gasteiger charge is 2.45. The highest BCUT2D eigenvalue weighted by Crippen LogP contribution is 2.47. The molecule has 0 spiro atoms. The van der Waals surface area contributed by atoms with Crippen LogP contribution in [0.2, 0.25) is 0 Å². The molecule has 4 aromatic rings. The van der Waals surface area contributed by atoms with Crippen LogP contribution in [-0.2, 0) is 5.60 Å². The van der Waals surface area contributed by atoms with Crippen molar-refractivity contribution >= 4 is 0 Å². The predicted molar refractivity (Wildman–Crippen MR) is 111 cm³/mol. The Morgan fingerprint density at radius 3 is 2.65 bits per heavy atom. The summed E-state index contributed by atoms with van der Waals surface area (Å²) in [6, 6.07) is 13.5. The van der Waals surface area contributed by atoms with Crippen molar-refractivity contribution in [1.29, 1.82) is 5.26 Å². The van der Waals surface area contributed by atoms with E-state index in [1.54, 1.807) is 29.2 Å². The fourth-order valence-electron chi connectivity index (χ4n) is 4.56. The van der Waals surface area contributed by atoms with Crippen molar-refractivity contribution in [3.8, 4) is 17.2 Å². The summed E-state index contributed by atoms with van der Waals surface area (Å²) in [6.45, 7) is 3.75. The maximum atomic E-state index is 14.7. The fraction of sp³-hybridized carbons (Fsp3) is 0.208. The first-order chi connectivity index (χ1) is 14.9. The predicted octanol–water partition coefficient (Wildman–Crippen LogP) is 4.39. The van der Waals surface area contributed by atoms with Gasteiger partial charge in [0.1, 0.15) is 17.2 Å². The number of aliphatic hydroxyl groups is 1. The molecule has 0 fully saturated rings. The number of fused-ring (bicyclic) bond motifs is 1. The zero-order valence-corrected chi connectivity index (χ0v) is 17.0. The van der Waals surface area contributed by atoms with Crippen LogP contribution < -0.4 is 0 Å². The fourth-order valence-corrected chi connectivity index (χ4v) is 4.56. The normalized spacial score (nSPS) is 19.9. The van der Waals surface area contributed by atoms with Crippen molar-refractivity contribution in [2.24, 2.45) is 0 Å². The van der Waals surface area contributed by atoms with Gasteiger partial charge in [-0.05, 0) is 37.1 Å². The molecule has 31 heavy (non-hydrogen) atoms. The van der Waals surface area contributed by atoms with Crippen LogP contribution in [0, 0.1) is 31.0 Å². The van der Waals surface area contributed by atoms with Crippen LogP contribution in [0.1, 0.15) is 46.3 Å². The lowest BCUT2D eigenvalue weighted by Crippen LogP contribution is -2.24. The molecule has 154 valence electrons. The first-order valence-electron chi connectivity index (χ1n) is 9.90. The third-order valence-corrected chi connectivity index (χ3v) is 6.09. The molecule has 1 aliphatic heterocycles. The molecule has 2 aromatic carbocycles. The second-order valence-electron chi connectivity index (χ2n) is 7.89. The summed E-state index contributed by atoms with van der Waals surface area (Å²) in [7, 11) is 0. The molecule has 2 aromatic heterocycles. The van der Waals surface area contributed by atoms with Crippen LogP contribution in [0.3, 0.4) is 0 Å². The average molecular weight is 414 g/mol. The molecule has 0 saturated heterocycles. The van der Waals surface area contributed by atoms with Gasteiger partial charge in [0.2, 0.25) is 0 Å². The number of imidazole rings is 1. The molecule has 3 heterocycles. The van der Waals surface area contributed by atoms with E-state index in [-0.39, 0.29) is 12.0 Å². The van der Waals surface area contributed by atoms with Gasteiger partial charge in [0.15, 0.2) is 0 Å². The average Bonchev–Trinajstić information content (AvgIpc) is 3.45. The summed E-state index contributed by atoms with van der Waals surface area (Å²) in [5, 5.41) is 24.7. The van der Waals surface area contributed by atoms with Crippen molar-refractivity contribution < 1.29 is 14.0 Å². The summed E-state index contributed by atoms with van der Waals surface area (Å²) in [5.74, 6) is 0.265. The van der Waals surface area contributed by atoms with E-state index in [9.17, 15) is 9.50 Å². The summed E-state index contributed by atoms with van der Waals surface area (Å²) in [6.07, 6.45) is 3.48. The van der Waals surface area contributed by atoms with Crippen molar-refractivity contribution in [3.05, 3.63) is 94.6 Å². The quantitative estimate of drug-likeness (QED) is 0.537. The third-order valence-electron chi connectivity index (χ3n) is 6.09. The van der Waals surface area contributed by atoms with Gasteiger partial charge in [-0.1, -0.05) is 35.5 Å². The SMILES string of the molecule is Cc1noc(C)c1-c1ccc([C@@]2(O)C[C@H](c3ccc(C#N)cc3F)n3cncc32)cc1. The number of halogens is 1. The Balaban J connectivity index is 1.54. The minimum Gasteiger partial charge on any atom is -0.379 e. The van der Waals surface area contributed by atoms with E-state index in [0.717, 1.165) is 22.6 Å². The van der Waals surface area contributed by atoms with Crippen molar-refractivity contribution in [2.75, 3.05) is 0 Å². The third kappa shape index (κ3) is 2.87. The maximum absolute atomic E-state index is 14.7. The molecule has 0 saturated carbocycles. The van der Waals surface area contributed by atoms with Crippen LogP contribution in [0.4, 0.5) is 4.39 Å². The van der Waals surface area contributed by atoms with Crippen LogP contribution in [-0.4, -0.2) is 19.8 Å². The number of nitrogens with zero attached hydrogens (tertiary/aromatic N) is 4. The van der Waals surface area contributed by atoms with E-state index in [1.807, 2.05) is 44.2 Å². The van der Waals surface area contributed by atoms with Gasteiger partial charge in [0.25, 0.3) is 0 Å². The zero-order chi connectivity index (χ0) is 21.8. The second kappa shape index (κ2) is 6.89. The smallest absolute Gasteiger partial charge is 0.141 e. The lowest BCUT2D eigenvalue weighted by atomic mass is 9.85. The second-order valence-corrected chi connectivity index (χ2v) is 7.89. The van der Waals surface area contributed by atoms with Crippen LogP contribution in [0.5, 0.6) is 0 Å². The molecular weight excluding hydrogens is 395 g/mol. The number of benzene rings is 2. The van der Waals surface area contributed by atoms with Crippen molar-refractivity contribution in [1.82, 2.24) is 14.7 Å². The number of hydrogen-bond acceptors (Lipinski definition) is 5. The Bertz CT molecular complexity index is 1310. The van der Waals surface area contributed by atoms with Gasteiger partial charge in [-0.2, -0.15) is 5.26 Å². The monoisotopic (exact) mass is 414 g/mol. The topological polar surface area (TPSA) is 87.9 Å². The van der Waals surface area contributed by atoms with Gasteiger partial charge in [0.05, 0.1) is 41.6 Å². The summed E-state index contributed by atoms with van der Waals surface area (Å²) >= 11 is 0. The molecule has 1 N–H and O–H groups in total. The first-order valence-corrected chi connectivity index (χ1v) is 9.90. The van der Waals surface area contributed by atoms with Gasteiger partial charge in [0, 0.05) is 17.5 Å². The van der Waals surface area contributed by atoms with E-state index < -0.39 is 17.5 Å². The Morgan fingerprint density at radius 1 is 1.23 bits per heavy atom. The van der Waals surface area contributed by atoms with E-state index in [1.165, 1.54) is 6.07 Å². The maximum Gasteiger partial charge on any atom is 0.141 e. The molecule has 0 unspecified atom stereocenters. The minimum absolute atomic E-state index is 0.260. The largest absolute Gasteiger partial charge is 0.379 e. The number of aryl methyl sites for hydroxylation is 2. The number of nitriles is 1. The summed E-state index contributed by atoms with van der Waals surface area (Å²) < 4.78 is 21.8. The van der Waals surface area contributed by atoms with E-state index in [2.05, 4.69) is 10.1 Å². The summed E-state index contributed by atoms with van der Waals surface area (Å²) in [5.41, 5.74) is 3.35. The lowest BCUT2D eigenvalue weighted by molar-refractivity contribution is 0.0792. The standard InChI is InChI=1S/C24H19FN4O2/c1-14-23(15(2)31-28-14)17-4-6-18(7-5-17)24(30)10-21(29-13-27-12-22(24)29)19-8-3-16(11-26)9-20(19)25/h3-9,12-13,21,30H,10H2,1-2H3/t21-,24+/m1/s1. The molecule has 1 aliphatic rings. The molecular formula is C24H19FN4O2. The molecule has 2 atom stereocenters. The van der Waals surface area contributed by atoms with Gasteiger partial charge in [-0.15, -0.1) is 0 Å². The Hall–Kier alpha value is -3.76. The molecule has 0 aliphatic carbocycles. The Labute approximate surface area is 178 Å². The zero-order valence-electron chi connectivity index (χ0n) is 17.0. The molecule has 6 nitrogen and oxygen atoms in total. The molecule has 7 heteroatoms. The van der Waals surface area contributed by atoms with Gasteiger partial charge < -0.3 is 14.2 Å². The van der Waals surface area contributed by atoms with Crippen LogP contribution >= 0.6 is 0 Å². The molecule has 0 bridgehead atoms. The minimum atomic E-state index is -1.32. The van der Waals surface area contributed by atoms with Crippen molar-refractivity contribution in [3.63, 3.8) is 0 Å². The van der Waals surface area contributed by atoms with E-state index >= 15 is 0 Å². The Kier molecular flexibility index (Phi) is 4.27. The van der Waals surface area contributed by atoms with Gasteiger partial charge in [-0.25, -0.2) is 9.37 Å². The molecule has 5 rings (SSSR count). The summed E-state index contributed by atoms with van der Waals surface area (Å²) in [4.78, 5) is 4.19. The number of aromatic nitrogens is 3. The highest BCUT2D eigenvalue weighted by atomic mass is 19.1. The van der Waals surface area contributed by atoms with E-state index in [0.29, 0.717) is 16.8 Å². The molecule has 0 radical (unpaired) electrons. The van der Waals surface area contributed by atoms with Gasteiger partial charge >= 0.3 is 0 Å². The van der Waals surface area contributed by atoms with Gasteiger partial charge in [-0.3, -0.25) is 0 Å². The first kappa shape index (κ1) is 19.2. The van der Waals surface area contributed by atoms with Crippen LogP contribution in [0.25, 0.3) is 11.1 Å².